The van der Waals surface area contributed by atoms with Crippen molar-refractivity contribution in [1.82, 2.24) is 15.1 Å². The van der Waals surface area contributed by atoms with Gasteiger partial charge in [0.2, 0.25) is 0 Å². The minimum atomic E-state index is -0.0930. The Morgan fingerprint density at radius 3 is 2.40 bits per heavy atom. The number of aliphatic hydroxyl groups is 1. The van der Waals surface area contributed by atoms with Gasteiger partial charge in [0.15, 0.2) is 0 Å². The van der Waals surface area contributed by atoms with Crippen molar-refractivity contribution < 1.29 is 5.11 Å². The SMILES string of the molecule is OC1CN(CNC2CCN(Cc3ccccc3)CC2)C1. The zero-order valence-corrected chi connectivity index (χ0v) is 12.0. The fraction of sp³-hybridized carbons (Fsp3) is 0.625. The Bertz CT molecular complexity index is 397. The molecule has 3 rings (SSSR count). The van der Waals surface area contributed by atoms with Crippen molar-refractivity contribution in [3.05, 3.63) is 35.9 Å². The Morgan fingerprint density at radius 1 is 1.05 bits per heavy atom. The maximum atomic E-state index is 9.25. The van der Waals surface area contributed by atoms with Crippen molar-refractivity contribution in [2.75, 3.05) is 32.8 Å². The molecule has 4 nitrogen and oxygen atoms in total. The van der Waals surface area contributed by atoms with E-state index < -0.39 is 0 Å². The predicted octanol–water partition coefficient (Wildman–Crippen LogP) is 0.875. The molecule has 0 atom stereocenters. The fourth-order valence-corrected chi connectivity index (χ4v) is 3.07. The third-order valence-electron chi connectivity index (χ3n) is 4.38. The third-order valence-corrected chi connectivity index (χ3v) is 4.38. The van der Waals surface area contributed by atoms with Gasteiger partial charge in [-0.25, -0.2) is 0 Å². The third kappa shape index (κ3) is 3.79. The van der Waals surface area contributed by atoms with E-state index in [4.69, 9.17) is 0 Å². The van der Waals surface area contributed by atoms with Crippen LogP contribution in [0.25, 0.3) is 0 Å². The van der Waals surface area contributed by atoms with Crippen molar-refractivity contribution in [2.24, 2.45) is 0 Å². The van der Waals surface area contributed by atoms with Gasteiger partial charge in [-0.05, 0) is 31.5 Å². The lowest BCUT2D eigenvalue weighted by Gasteiger charge is -2.38. The van der Waals surface area contributed by atoms with E-state index in [0.717, 1.165) is 26.3 Å². The molecule has 0 spiro atoms. The van der Waals surface area contributed by atoms with Crippen molar-refractivity contribution in [3.63, 3.8) is 0 Å². The molecule has 2 aliphatic rings. The number of aliphatic hydroxyl groups excluding tert-OH is 1. The average molecular weight is 275 g/mol. The number of hydrogen-bond donors (Lipinski definition) is 2. The van der Waals surface area contributed by atoms with Crippen LogP contribution >= 0.6 is 0 Å². The minimum Gasteiger partial charge on any atom is -0.390 e. The molecule has 0 bridgehead atoms. The molecule has 0 aromatic heterocycles. The van der Waals surface area contributed by atoms with Gasteiger partial charge in [-0.3, -0.25) is 9.80 Å². The van der Waals surface area contributed by atoms with Gasteiger partial charge in [-0.15, -0.1) is 0 Å². The summed E-state index contributed by atoms with van der Waals surface area (Å²) >= 11 is 0. The van der Waals surface area contributed by atoms with E-state index in [-0.39, 0.29) is 6.10 Å². The molecule has 2 heterocycles. The van der Waals surface area contributed by atoms with Gasteiger partial charge in [-0.1, -0.05) is 30.3 Å². The van der Waals surface area contributed by atoms with Crippen LogP contribution in [0.5, 0.6) is 0 Å². The summed E-state index contributed by atoms with van der Waals surface area (Å²) in [4.78, 5) is 4.81. The van der Waals surface area contributed by atoms with Crippen LogP contribution in [0.1, 0.15) is 18.4 Å². The van der Waals surface area contributed by atoms with Crippen molar-refractivity contribution >= 4 is 0 Å². The maximum absolute atomic E-state index is 9.25. The van der Waals surface area contributed by atoms with Crippen molar-refractivity contribution in [1.29, 1.82) is 0 Å². The number of nitrogens with one attached hydrogen (secondary N) is 1. The number of nitrogens with zero attached hydrogens (tertiary/aromatic N) is 2. The van der Waals surface area contributed by atoms with Gasteiger partial charge >= 0.3 is 0 Å². The molecule has 110 valence electrons. The Labute approximate surface area is 121 Å². The first-order valence-corrected chi connectivity index (χ1v) is 7.70. The summed E-state index contributed by atoms with van der Waals surface area (Å²) in [5.74, 6) is 0. The van der Waals surface area contributed by atoms with Crippen LogP contribution in [0, 0.1) is 0 Å². The zero-order chi connectivity index (χ0) is 13.8. The molecule has 2 aliphatic heterocycles. The van der Waals surface area contributed by atoms with Gasteiger partial charge in [-0.2, -0.15) is 0 Å². The molecule has 2 N–H and O–H groups in total. The van der Waals surface area contributed by atoms with Gasteiger partial charge in [0.05, 0.1) is 6.10 Å². The monoisotopic (exact) mass is 275 g/mol. The second-order valence-corrected chi connectivity index (χ2v) is 6.09. The molecule has 0 amide bonds. The number of rotatable bonds is 5. The molecule has 0 unspecified atom stereocenters. The topological polar surface area (TPSA) is 38.7 Å². The summed E-state index contributed by atoms with van der Waals surface area (Å²) in [6.45, 7) is 6.02. The summed E-state index contributed by atoms with van der Waals surface area (Å²) in [5, 5.41) is 12.9. The molecular formula is C16H25N3O. The average Bonchev–Trinajstić information content (AvgIpc) is 2.45. The van der Waals surface area contributed by atoms with Gasteiger partial charge in [0.1, 0.15) is 0 Å². The molecule has 20 heavy (non-hydrogen) atoms. The lowest BCUT2D eigenvalue weighted by molar-refractivity contribution is -0.00578. The van der Waals surface area contributed by atoms with E-state index in [9.17, 15) is 5.11 Å². The molecule has 1 aromatic rings. The van der Waals surface area contributed by atoms with Crippen molar-refractivity contribution in [3.8, 4) is 0 Å². The minimum absolute atomic E-state index is 0.0930. The van der Waals surface area contributed by atoms with E-state index >= 15 is 0 Å². The van der Waals surface area contributed by atoms with Crippen LogP contribution in [0.3, 0.4) is 0 Å². The maximum Gasteiger partial charge on any atom is 0.0794 e. The van der Waals surface area contributed by atoms with Gasteiger partial charge in [0, 0.05) is 32.3 Å². The van der Waals surface area contributed by atoms with Crippen LogP contribution in [-0.2, 0) is 6.54 Å². The number of benzene rings is 1. The summed E-state index contributed by atoms with van der Waals surface area (Å²) in [5.41, 5.74) is 1.41. The van der Waals surface area contributed by atoms with E-state index in [1.807, 2.05) is 0 Å². The van der Waals surface area contributed by atoms with Crippen LogP contribution < -0.4 is 5.32 Å². The second-order valence-electron chi connectivity index (χ2n) is 6.09. The second kappa shape index (κ2) is 6.68. The van der Waals surface area contributed by atoms with E-state index in [1.165, 1.54) is 31.5 Å². The smallest absolute Gasteiger partial charge is 0.0794 e. The van der Waals surface area contributed by atoms with E-state index in [1.54, 1.807) is 0 Å². The Hall–Kier alpha value is -0.940. The first-order valence-electron chi connectivity index (χ1n) is 7.70. The highest BCUT2D eigenvalue weighted by Gasteiger charge is 2.25. The molecule has 4 heteroatoms. The number of piperidine rings is 1. The first kappa shape index (κ1) is 14.0. The number of β-amino-alcohol motifs (C(OH)–C–C–N with tert-alkyl or cyclic N) is 1. The Kier molecular flexibility index (Phi) is 4.68. The lowest BCUT2D eigenvalue weighted by Crippen LogP contribution is -2.56. The molecule has 0 aliphatic carbocycles. The quantitative estimate of drug-likeness (QED) is 0.836. The highest BCUT2D eigenvalue weighted by Crippen LogP contribution is 2.14. The molecule has 0 radical (unpaired) electrons. The normalized spacial score (nSPS) is 22.9. The number of hydrogen-bond acceptors (Lipinski definition) is 4. The summed E-state index contributed by atoms with van der Waals surface area (Å²) < 4.78 is 0. The van der Waals surface area contributed by atoms with E-state index in [2.05, 4.69) is 45.4 Å². The summed E-state index contributed by atoms with van der Waals surface area (Å²) in [7, 11) is 0. The van der Waals surface area contributed by atoms with Crippen LogP contribution in [-0.4, -0.2) is 59.9 Å². The van der Waals surface area contributed by atoms with Gasteiger partial charge < -0.3 is 10.4 Å². The molecule has 2 saturated heterocycles. The van der Waals surface area contributed by atoms with Gasteiger partial charge in [0.25, 0.3) is 0 Å². The van der Waals surface area contributed by atoms with E-state index in [0.29, 0.717) is 6.04 Å². The van der Waals surface area contributed by atoms with Crippen LogP contribution in [0.4, 0.5) is 0 Å². The Morgan fingerprint density at radius 2 is 1.75 bits per heavy atom. The van der Waals surface area contributed by atoms with Crippen molar-refractivity contribution in [2.45, 2.75) is 31.5 Å². The fourth-order valence-electron chi connectivity index (χ4n) is 3.07. The molecular weight excluding hydrogens is 250 g/mol. The zero-order valence-electron chi connectivity index (χ0n) is 12.0. The Balaban J connectivity index is 1.34. The number of likely N-dealkylation sites (tertiary alicyclic amines) is 2. The molecule has 1 aromatic carbocycles. The summed E-state index contributed by atoms with van der Waals surface area (Å²) in [6.07, 6.45) is 2.36. The standard InChI is InChI=1S/C16H25N3O/c20-16-11-19(12-16)13-17-15-6-8-18(9-7-15)10-14-4-2-1-3-5-14/h1-5,15-17,20H,6-13H2. The molecule has 0 saturated carbocycles. The summed E-state index contributed by atoms with van der Waals surface area (Å²) in [6, 6.07) is 11.4. The largest absolute Gasteiger partial charge is 0.390 e. The van der Waals surface area contributed by atoms with Crippen LogP contribution in [0.2, 0.25) is 0 Å². The van der Waals surface area contributed by atoms with Crippen LogP contribution in [0.15, 0.2) is 30.3 Å². The predicted molar refractivity (Wildman–Crippen MR) is 80.3 cm³/mol. The highest BCUT2D eigenvalue weighted by atomic mass is 16.3. The lowest BCUT2D eigenvalue weighted by atomic mass is 10.0. The molecule has 2 fully saturated rings. The first-order chi connectivity index (χ1) is 9.79. The highest BCUT2D eigenvalue weighted by molar-refractivity contribution is 5.14.